The minimum atomic E-state index is -0.336. The van der Waals surface area contributed by atoms with Crippen molar-refractivity contribution in [3.05, 3.63) is 84.7 Å². The number of amides is 1. The topological polar surface area (TPSA) is 53.2 Å². The van der Waals surface area contributed by atoms with Crippen LogP contribution in [0.1, 0.15) is 6.92 Å². The molecule has 1 atom stereocenters. The van der Waals surface area contributed by atoms with Gasteiger partial charge in [-0.05, 0) is 79.8 Å². The highest BCUT2D eigenvalue weighted by molar-refractivity contribution is 8.00. The lowest BCUT2D eigenvalue weighted by atomic mass is 10.3. The lowest BCUT2D eigenvalue weighted by Gasteiger charge is -2.13. The summed E-state index contributed by atoms with van der Waals surface area (Å²) in [5.74, 6) is -0.477. The van der Waals surface area contributed by atoms with Crippen LogP contribution >= 0.6 is 24.0 Å². The first-order valence-electron chi connectivity index (χ1n) is 8.96. The Morgan fingerprint density at radius 3 is 1.97 bits per heavy atom. The van der Waals surface area contributed by atoms with E-state index in [9.17, 15) is 9.18 Å². The number of rotatable bonds is 6. The number of hydrogen-bond donors (Lipinski definition) is 3. The standard InChI is InChI=1S/C22H20FN3OS2/c1-15(21(27)24-18-9-7-16(23)8-10-18)29-20-13-11-19(12-14-20)26-22(28)25-17-5-3-2-4-6-17/h2-15H,1H3,(H,24,27)(H2,25,26,28). The summed E-state index contributed by atoms with van der Waals surface area (Å²) in [5.41, 5.74) is 2.34. The molecule has 0 aliphatic carbocycles. The van der Waals surface area contributed by atoms with E-state index in [1.54, 1.807) is 0 Å². The third-order valence-electron chi connectivity index (χ3n) is 3.94. The lowest BCUT2D eigenvalue weighted by Crippen LogP contribution is -2.22. The quantitative estimate of drug-likeness (QED) is 0.347. The predicted molar refractivity (Wildman–Crippen MR) is 123 cm³/mol. The van der Waals surface area contributed by atoms with Gasteiger partial charge in [-0.25, -0.2) is 4.39 Å². The van der Waals surface area contributed by atoms with Crippen molar-refractivity contribution < 1.29 is 9.18 Å². The number of anilines is 3. The maximum Gasteiger partial charge on any atom is 0.237 e. The maximum absolute atomic E-state index is 13.0. The van der Waals surface area contributed by atoms with E-state index in [1.165, 1.54) is 36.0 Å². The van der Waals surface area contributed by atoms with Crippen LogP contribution in [0, 0.1) is 5.82 Å². The van der Waals surface area contributed by atoms with Crippen molar-refractivity contribution in [3.63, 3.8) is 0 Å². The summed E-state index contributed by atoms with van der Waals surface area (Å²) in [6.07, 6.45) is 0. The molecule has 0 fully saturated rings. The van der Waals surface area contributed by atoms with E-state index in [0.29, 0.717) is 10.8 Å². The van der Waals surface area contributed by atoms with Gasteiger partial charge in [0, 0.05) is 22.0 Å². The number of benzene rings is 3. The average Bonchev–Trinajstić information content (AvgIpc) is 2.72. The van der Waals surface area contributed by atoms with Gasteiger partial charge in [-0.3, -0.25) is 4.79 Å². The number of para-hydroxylation sites is 1. The Morgan fingerprint density at radius 2 is 1.34 bits per heavy atom. The van der Waals surface area contributed by atoms with Crippen LogP contribution in [0.15, 0.2) is 83.8 Å². The van der Waals surface area contributed by atoms with Crippen molar-refractivity contribution in [3.8, 4) is 0 Å². The smallest absolute Gasteiger partial charge is 0.237 e. The molecule has 7 heteroatoms. The maximum atomic E-state index is 13.0. The van der Waals surface area contributed by atoms with Crippen LogP contribution in [0.5, 0.6) is 0 Å². The molecule has 0 heterocycles. The fourth-order valence-corrected chi connectivity index (χ4v) is 3.57. The van der Waals surface area contributed by atoms with Crippen LogP contribution < -0.4 is 16.0 Å². The zero-order valence-corrected chi connectivity index (χ0v) is 17.3. The first-order chi connectivity index (χ1) is 14.0. The van der Waals surface area contributed by atoms with Crippen molar-refractivity contribution in [2.75, 3.05) is 16.0 Å². The molecule has 1 unspecified atom stereocenters. The molecule has 29 heavy (non-hydrogen) atoms. The summed E-state index contributed by atoms with van der Waals surface area (Å²) < 4.78 is 13.0. The number of thiocarbonyl (C=S) groups is 1. The number of hydrogen-bond acceptors (Lipinski definition) is 3. The summed E-state index contributed by atoms with van der Waals surface area (Å²) in [6, 6.07) is 23.1. The minimum Gasteiger partial charge on any atom is -0.332 e. The van der Waals surface area contributed by atoms with Crippen molar-refractivity contribution in [2.45, 2.75) is 17.1 Å². The van der Waals surface area contributed by atoms with Crippen LogP contribution in [0.3, 0.4) is 0 Å². The monoisotopic (exact) mass is 425 g/mol. The fraction of sp³-hybridized carbons (Fsp3) is 0.0909. The molecule has 0 bridgehead atoms. The SMILES string of the molecule is CC(Sc1ccc(NC(=S)Nc2ccccc2)cc1)C(=O)Nc1ccc(F)cc1. The van der Waals surface area contributed by atoms with E-state index in [1.807, 2.05) is 61.5 Å². The molecule has 0 radical (unpaired) electrons. The number of thioether (sulfide) groups is 1. The number of carbonyl (C=O) groups excluding carboxylic acids is 1. The zero-order chi connectivity index (χ0) is 20.6. The number of carbonyl (C=O) groups is 1. The van der Waals surface area contributed by atoms with Gasteiger partial charge < -0.3 is 16.0 Å². The van der Waals surface area contributed by atoms with Crippen LogP contribution in [0.2, 0.25) is 0 Å². The van der Waals surface area contributed by atoms with Gasteiger partial charge in [0.25, 0.3) is 0 Å². The largest absolute Gasteiger partial charge is 0.332 e. The Morgan fingerprint density at radius 1 is 0.828 bits per heavy atom. The molecule has 1 amide bonds. The van der Waals surface area contributed by atoms with Crippen LogP contribution in [0.4, 0.5) is 21.5 Å². The van der Waals surface area contributed by atoms with E-state index in [0.717, 1.165) is 16.3 Å². The molecule has 3 aromatic rings. The Kier molecular flexibility index (Phi) is 7.21. The van der Waals surface area contributed by atoms with Gasteiger partial charge in [0.1, 0.15) is 5.82 Å². The summed E-state index contributed by atoms with van der Waals surface area (Å²) in [7, 11) is 0. The molecule has 0 aromatic heterocycles. The lowest BCUT2D eigenvalue weighted by molar-refractivity contribution is -0.115. The molecule has 148 valence electrons. The van der Waals surface area contributed by atoms with E-state index in [4.69, 9.17) is 12.2 Å². The van der Waals surface area contributed by atoms with Gasteiger partial charge in [-0.2, -0.15) is 0 Å². The highest BCUT2D eigenvalue weighted by Gasteiger charge is 2.14. The van der Waals surface area contributed by atoms with Gasteiger partial charge in [-0.15, -0.1) is 11.8 Å². The van der Waals surface area contributed by atoms with Gasteiger partial charge in [-0.1, -0.05) is 18.2 Å². The van der Waals surface area contributed by atoms with Crippen LogP contribution in [0.25, 0.3) is 0 Å². The van der Waals surface area contributed by atoms with E-state index in [2.05, 4.69) is 16.0 Å². The molecule has 0 aliphatic heterocycles. The molecule has 3 rings (SSSR count). The third-order valence-corrected chi connectivity index (χ3v) is 5.25. The average molecular weight is 426 g/mol. The second-order valence-corrected chi connectivity index (χ2v) is 8.05. The summed E-state index contributed by atoms with van der Waals surface area (Å²) >= 11 is 6.76. The van der Waals surface area contributed by atoms with E-state index < -0.39 is 0 Å². The van der Waals surface area contributed by atoms with E-state index >= 15 is 0 Å². The summed E-state index contributed by atoms with van der Waals surface area (Å²) in [5, 5.41) is 9.23. The van der Waals surface area contributed by atoms with Crippen molar-refractivity contribution in [2.24, 2.45) is 0 Å². The molecular weight excluding hydrogens is 405 g/mol. The van der Waals surface area contributed by atoms with Gasteiger partial charge in [0.05, 0.1) is 5.25 Å². The molecule has 3 aromatic carbocycles. The molecular formula is C22H20FN3OS2. The van der Waals surface area contributed by atoms with Crippen molar-refractivity contribution >= 4 is 52.1 Å². The second kappa shape index (κ2) is 10.0. The third kappa shape index (κ3) is 6.58. The molecule has 4 nitrogen and oxygen atoms in total. The van der Waals surface area contributed by atoms with Crippen LogP contribution in [-0.4, -0.2) is 16.3 Å². The highest BCUT2D eigenvalue weighted by atomic mass is 32.2. The van der Waals surface area contributed by atoms with Crippen LogP contribution in [-0.2, 0) is 4.79 Å². The zero-order valence-electron chi connectivity index (χ0n) is 15.7. The molecule has 0 saturated carbocycles. The predicted octanol–water partition coefficient (Wildman–Crippen LogP) is 5.75. The van der Waals surface area contributed by atoms with Gasteiger partial charge in [0.2, 0.25) is 5.91 Å². The normalized spacial score (nSPS) is 11.4. The first-order valence-corrected chi connectivity index (χ1v) is 10.2. The minimum absolute atomic E-state index is 0.142. The van der Waals surface area contributed by atoms with Gasteiger partial charge in [0.15, 0.2) is 5.11 Å². The van der Waals surface area contributed by atoms with Crippen molar-refractivity contribution in [1.82, 2.24) is 0 Å². The Hall–Kier alpha value is -2.90. The van der Waals surface area contributed by atoms with E-state index in [-0.39, 0.29) is 17.0 Å². The second-order valence-electron chi connectivity index (χ2n) is 6.23. The van der Waals surface area contributed by atoms with Crippen molar-refractivity contribution in [1.29, 1.82) is 0 Å². The Balaban J connectivity index is 1.50. The highest BCUT2D eigenvalue weighted by Crippen LogP contribution is 2.26. The summed E-state index contributed by atoms with van der Waals surface area (Å²) in [6.45, 7) is 1.83. The molecule has 3 N–H and O–H groups in total. The number of halogens is 1. The molecule has 0 spiro atoms. The Bertz CT molecular complexity index is 964. The molecule has 0 aliphatic rings. The first kappa shape index (κ1) is 20.8. The fourth-order valence-electron chi connectivity index (χ4n) is 2.47. The Labute approximate surface area is 178 Å². The van der Waals surface area contributed by atoms with Gasteiger partial charge >= 0.3 is 0 Å². The number of nitrogens with one attached hydrogen (secondary N) is 3. The summed E-state index contributed by atoms with van der Waals surface area (Å²) in [4.78, 5) is 13.3. The molecule has 0 saturated heterocycles.